The van der Waals surface area contributed by atoms with E-state index in [0.717, 1.165) is 0 Å². The first-order chi connectivity index (χ1) is 21.1. The van der Waals surface area contributed by atoms with E-state index in [4.69, 9.17) is 24.3 Å². The molecule has 5 rings (SSSR count). The van der Waals surface area contributed by atoms with Crippen LogP contribution in [0.2, 0.25) is 0 Å². The Bertz CT molecular complexity index is 1580. The van der Waals surface area contributed by atoms with Crippen LogP contribution in [0.5, 0.6) is 5.75 Å². The van der Waals surface area contributed by atoms with Gasteiger partial charge in [0, 0.05) is 64.9 Å². The summed E-state index contributed by atoms with van der Waals surface area (Å²) in [7, 11) is 0. The zero-order valence-corrected chi connectivity index (χ0v) is 23.3. The zero-order chi connectivity index (χ0) is 30.1. The summed E-state index contributed by atoms with van der Waals surface area (Å²) in [4.78, 5) is 27.4. The summed E-state index contributed by atoms with van der Waals surface area (Å²) in [5, 5.41) is 16.8. The van der Waals surface area contributed by atoms with E-state index in [2.05, 4.69) is 20.1 Å². The van der Waals surface area contributed by atoms with Gasteiger partial charge in [0.25, 0.3) is 5.91 Å². The minimum Gasteiger partial charge on any atom is -0.494 e. The Morgan fingerprint density at radius 1 is 1.00 bits per heavy atom. The van der Waals surface area contributed by atoms with Gasteiger partial charge in [-0.25, -0.2) is 4.99 Å². The predicted molar refractivity (Wildman–Crippen MR) is 158 cm³/mol. The van der Waals surface area contributed by atoms with Crippen LogP contribution >= 0.6 is 0 Å². The second kappa shape index (κ2) is 13.7. The van der Waals surface area contributed by atoms with Gasteiger partial charge in [-0.15, -0.1) is 0 Å². The van der Waals surface area contributed by atoms with Crippen molar-refractivity contribution in [3.8, 4) is 5.75 Å². The summed E-state index contributed by atoms with van der Waals surface area (Å²) in [6.07, 6.45) is -0.438. The van der Waals surface area contributed by atoms with Gasteiger partial charge in [0.2, 0.25) is 5.90 Å². The molecule has 1 saturated heterocycles. The molecule has 3 aromatic carbocycles. The van der Waals surface area contributed by atoms with Crippen LogP contribution in [-0.4, -0.2) is 66.9 Å². The molecule has 43 heavy (non-hydrogen) atoms. The number of rotatable bonds is 11. The number of hydrogen-bond acceptors (Lipinski definition) is 8. The standard InChI is InChI=1S/C30H30N8O5/c31-36-34-25-8-3-1-6-22(25)20-30(29(40)38-14-18-41-19-15-38)27(24-7-2-4-9-26(24)35-37-32)43-28(33-30)21-10-12-23(13-11-21)42-17-5-16-39/h1-4,6-13,27,39H,5,14-20H2/t27-,30-/m0/s1. The second-order valence-electron chi connectivity index (χ2n) is 9.94. The first-order valence-electron chi connectivity index (χ1n) is 13.8. The van der Waals surface area contributed by atoms with Crippen molar-refractivity contribution in [2.45, 2.75) is 24.5 Å². The van der Waals surface area contributed by atoms with Crippen LogP contribution in [0.1, 0.15) is 29.2 Å². The molecule has 220 valence electrons. The van der Waals surface area contributed by atoms with Gasteiger partial charge in [0.05, 0.1) is 19.8 Å². The van der Waals surface area contributed by atoms with Gasteiger partial charge >= 0.3 is 0 Å². The molecule has 2 atom stereocenters. The first-order valence-corrected chi connectivity index (χ1v) is 13.8. The number of aliphatic imine (C=N–C) groups is 1. The third kappa shape index (κ3) is 6.40. The van der Waals surface area contributed by atoms with E-state index in [1.807, 2.05) is 0 Å². The lowest BCUT2D eigenvalue weighted by Crippen LogP contribution is -2.54. The van der Waals surface area contributed by atoms with Crippen LogP contribution in [0, 0.1) is 0 Å². The lowest BCUT2D eigenvalue weighted by molar-refractivity contribution is -0.143. The molecular weight excluding hydrogens is 552 g/mol. The third-order valence-electron chi connectivity index (χ3n) is 7.28. The highest BCUT2D eigenvalue weighted by atomic mass is 16.5. The summed E-state index contributed by atoms with van der Waals surface area (Å²) in [6.45, 7) is 1.90. The molecule has 2 heterocycles. The SMILES string of the molecule is [N-]=[N+]=Nc1ccccc1C[C@]1(C(=O)N2CCOCC2)N=C(c2ccc(OCCCO)cc2)O[C@H]1c1ccccc1N=[N+]=[N-]. The number of nitrogens with zero attached hydrogens (tertiary/aromatic N) is 8. The third-order valence-corrected chi connectivity index (χ3v) is 7.28. The molecule has 1 amide bonds. The number of carbonyl (C=O) groups excluding carboxylic acids is 1. The maximum Gasteiger partial charge on any atom is 0.255 e. The molecule has 3 aromatic rings. The van der Waals surface area contributed by atoms with E-state index < -0.39 is 11.6 Å². The van der Waals surface area contributed by atoms with Crippen molar-refractivity contribution < 1.29 is 24.1 Å². The van der Waals surface area contributed by atoms with Crippen molar-refractivity contribution in [3.63, 3.8) is 0 Å². The fraction of sp³-hybridized carbons (Fsp3) is 0.333. The summed E-state index contributed by atoms with van der Waals surface area (Å²) >= 11 is 0. The molecular formula is C30H30N8O5. The van der Waals surface area contributed by atoms with E-state index in [-0.39, 0.29) is 24.8 Å². The molecule has 2 aliphatic rings. The van der Waals surface area contributed by atoms with Gasteiger partial charge in [-0.05, 0) is 40.9 Å². The van der Waals surface area contributed by atoms with E-state index >= 15 is 0 Å². The van der Waals surface area contributed by atoms with Crippen molar-refractivity contribution in [3.05, 3.63) is 110 Å². The summed E-state index contributed by atoms with van der Waals surface area (Å²) in [5.41, 5.74) is 19.4. The van der Waals surface area contributed by atoms with E-state index in [0.29, 0.717) is 73.1 Å². The lowest BCUT2D eigenvalue weighted by Gasteiger charge is -2.37. The quantitative estimate of drug-likeness (QED) is 0.132. The number of benzene rings is 3. The van der Waals surface area contributed by atoms with Crippen LogP contribution in [0.15, 0.2) is 88.0 Å². The predicted octanol–water partition coefficient (Wildman–Crippen LogP) is 5.69. The topological polar surface area (TPSA) is 178 Å². The normalized spacial score (nSPS) is 19.4. The molecule has 13 heteroatoms. The van der Waals surface area contributed by atoms with Gasteiger partial charge in [-0.3, -0.25) is 4.79 Å². The van der Waals surface area contributed by atoms with Crippen LogP contribution in [0.25, 0.3) is 20.9 Å². The Balaban J connectivity index is 1.67. The Morgan fingerprint density at radius 3 is 2.40 bits per heavy atom. The molecule has 0 bridgehead atoms. The highest BCUT2D eigenvalue weighted by Crippen LogP contribution is 2.47. The Labute approximate surface area is 247 Å². The molecule has 0 aliphatic carbocycles. The first kappa shape index (κ1) is 29.4. The average molecular weight is 583 g/mol. The van der Waals surface area contributed by atoms with Crippen molar-refractivity contribution in [2.24, 2.45) is 15.2 Å². The minimum absolute atomic E-state index is 0.0312. The van der Waals surface area contributed by atoms with Crippen LogP contribution in [0.4, 0.5) is 11.4 Å². The van der Waals surface area contributed by atoms with Gasteiger partial charge < -0.3 is 24.2 Å². The number of azide groups is 2. The maximum absolute atomic E-state index is 14.7. The number of carbonyl (C=O) groups is 1. The average Bonchev–Trinajstić information content (AvgIpc) is 3.43. The van der Waals surface area contributed by atoms with Crippen molar-refractivity contribution >= 4 is 23.2 Å². The van der Waals surface area contributed by atoms with Gasteiger partial charge in [0.15, 0.2) is 11.6 Å². The Morgan fingerprint density at radius 2 is 1.67 bits per heavy atom. The van der Waals surface area contributed by atoms with Crippen molar-refractivity contribution in [1.82, 2.24) is 4.90 Å². The summed E-state index contributed by atoms with van der Waals surface area (Å²) in [6, 6.07) is 21.1. The Kier molecular flexibility index (Phi) is 9.40. The second-order valence-corrected chi connectivity index (χ2v) is 9.94. The van der Waals surface area contributed by atoms with E-state index in [1.165, 1.54) is 0 Å². The Hall–Kier alpha value is -5.06. The summed E-state index contributed by atoms with van der Waals surface area (Å²) < 4.78 is 17.8. The molecule has 13 nitrogen and oxygen atoms in total. The summed E-state index contributed by atoms with van der Waals surface area (Å²) in [5.74, 6) is 0.553. The number of hydrogen-bond donors (Lipinski definition) is 1. The monoisotopic (exact) mass is 582 g/mol. The maximum atomic E-state index is 14.7. The van der Waals surface area contributed by atoms with Crippen molar-refractivity contribution in [1.29, 1.82) is 0 Å². The van der Waals surface area contributed by atoms with Crippen LogP contribution in [-0.2, 0) is 20.7 Å². The smallest absolute Gasteiger partial charge is 0.255 e. The fourth-order valence-electron chi connectivity index (χ4n) is 5.23. The molecule has 1 N–H and O–H groups in total. The molecule has 0 unspecified atom stereocenters. The van der Waals surface area contributed by atoms with Crippen LogP contribution in [0.3, 0.4) is 0 Å². The fourth-order valence-corrected chi connectivity index (χ4v) is 5.23. The van der Waals surface area contributed by atoms with Crippen molar-refractivity contribution in [2.75, 3.05) is 39.5 Å². The zero-order valence-electron chi connectivity index (χ0n) is 23.3. The molecule has 2 aliphatic heterocycles. The van der Waals surface area contributed by atoms with E-state index in [1.54, 1.807) is 77.7 Å². The number of morpholine rings is 1. The van der Waals surface area contributed by atoms with E-state index in [9.17, 15) is 15.9 Å². The molecule has 0 spiro atoms. The number of aliphatic hydroxyl groups is 1. The number of aliphatic hydroxyl groups excluding tert-OH is 1. The van der Waals surface area contributed by atoms with Gasteiger partial charge in [-0.2, -0.15) is 0 Å². The molecule has 0 saturated carbocycles. The minimum atomic E-state index is -1.55. The van der Waals surface area contributed by atoms with Crippen LogP contribution < -0.4 is 4.74 Å². The van der Waals surface area contributed by atoms with Gasteiger partial charge in [-0.1, -0.05) is 58.8 Å². The number of ether oxygens (including phenoxy) is 3. The molecule has 0 aromatic heterocycles. The van der Waals surface area contributed by atoms with Gasteiger partial charge in [0.1, 0.15) is 5.75 Å². The number of amides is 1. The lowest BCUT2D eigenvalue weighted by atomic mass is 9.80. The highest BCUT2D eigenvalue weighted by molar-refractivity contribution is 6.01. The molecule has 0 radical (unpaired) electrons. The molecule has 1 fully saturated rings. The largest absolute Gasteiger partial charge is 0.494 e. The highest BCUT2D eigenvalue weighted by Gasteiger charge is 2.55.